The van der Waals surface area contributed by atoms with Gasteiger partial charge in [0.2, 0.25) is 5.91 Å². The molecule has 0 aliphatic carbocycles. The average molecular weight is 455 g/mol. The summed E-state index contributed by atoms with van der Waals surface area (Å²) in [6.07, 6.45) is 1.98. The number of thioether (sulfide) groups is 1. The van der Waals surface area contributed by atoms with Crippen molar-refractivity contribution in [1.82, 2.24) is 4.98 Å². The molecule has 0 aliphatic rings. The number of hydrogen-bond donors (Lipinski definition) is 0. The Morgan fingerprint density at radius 1 is 1.06 bits per heavy atom. The van der Waals surface area contributed by atoms with Crippen molar-refractivity contribution in [3.63, 3.8) is 0 Å². The van der Waals surface area contributed by atoms with E-state index in [-0.39, 0.29) is 5.91 Å². The van der Waals surface area contributed by atoms with Crippen LogP contribution >= 0.6 is 23.1 Å². The second kappa shape index (κ2) is 9.89. The number of ether oxygens (including phenoxy) is 2. The first-order valence-corrected chi connectivity index (χ1v) is 11.5. The minimum Gasteiger partial charge on any atom is -0.495 e. The van der Waals surface area contributed by atoms with Crippen molar-refractivity contribution >= 4 is 44.4 Å². The fourth-order valence-electron chi connectivity index (χ4n) is 3.12. The number of amides is 1. The number of rotatable bonds is 9. The first kappa shape index (κ1) is 21.3. The maximum Gasteiger partial charge on any atom is 0.230 e. The zero-order valence-electron chi connectivity index (χ0n) is 17.2. The monoisotopic (exact) mass is 454 g/mol. The van der Waals surface area contributed by atoms with Crippen molar-refractivity contribution in [3.05, 3.63) is 66.6 Å². The minimum absolute atomic E-state index is 0.0168. The summed E-state index contributed by atoms with van der Waals surface area (Å²) in [6.45, 7) is 0.312. The fourth-order valence-corrected chi connectivity index (χ4v) is 5.07. The van der Waals surface area contributed by atoms with Gasteiger partial charge < -0.3 is 13.9 Å². The number of aromatic nitrogens is 1. The van der Waals surface area contributed by atoms with Gasteiger partial charge in [0, 0.05) is 17.1 Å². The van der Waals surface area contributed by atoms with Crippen molar-refractivity contribution in [2.45, 2.75) is 17.9 Å². The minimum atomic E-state index is -0.0168. The highest BCUT2D eigenvalue weighted by atomic mass is 32.2. The Labute approximate surface area is 188 Å². The summed E-state index contributed by atoms with van der Waals surface area (Å²) in [6, 6.07) is 17.4. The van der Waals surface area contributed by atoms with E-state index in [0.29, 0.717) is 46.6 Å². The van der Waals surface area contributed by atoms with Crippen LogP contribution in [-0.4, -0.2) is 30.9 Å². The highest BCUT2D eigenvalue weighted by molar-refractivity contribution is 7.99. The van der Waals surface area contributed by atoms with Gasteiger partial charge in [-0.1, -0.05) is 29.5 Å². The molecule has 31 heavy (non-hydrogen) atoms. The van der Waals surface area contributed by atoms with Crippen molar-refractivity contribution in [2.75, 3.05) is 24.9 Å². The molecule has 2 aromatic heterocycles. The molecule has 0 unspecified atom stereocenters. The molecule has 2 heterocycles. The number of thiazole rings is 1. The van der Waals surface area contributed by atoms with Crippen LogP contribution in [0.25, 0.3) is 10.2 Å². The first-order chi connectivity index (χ1) is 15.2. The average Bonchev–Trinajstić information content (AvgIpc) is 3.47. The molecule has 4 aromatic rings. The number of nitrogens with zero attached hydrogens (tertiary/aromatic N) is 2. The van der Waals surface area contributed by atoms with Gasteiger partial charge in [0.15, 0.2) is 5.13 Å². The van der Waals surface area contributed by atoms with Crippen LogP contribution in [0, 0.1) is 0 Å². The lowest BCUT2D eigenvalue weighted by atomic mass is 10.3. The normalized spacial score (nSPS) is 10.9. The van der Waals surface area contributed by atoms with E-state index >= 15 is 0 Å². The maximum atomic E-state index is 13.2. The van der Waals surface area contributed by atoms with Crippen LogP contribution in [0.4, 0.5) is 5.13 Å². The summed E-state index contributed by atoms with van der Waals surface area (Å²) in [5.41, 5.74) is 0.678. The summed E-state index contributed by atoms with van der Waals surface area (Å²) in [7, 11) is 3.22. The van der Waals surface area contributed by atoms with Gasteiger partial charge >= 0.3 is 0 Å². The van der Waals surface area contributed by atoms with E-state index in [0.717, 1.165) is 9.60 Å². The standard InChI is InChI=1S/C23H22N2O4S2/c1-27-18-10-11-19(28-2)22-21(18)24-23(31-22)25(15-16-7-6-13-29-16)20(26)12-14-30-17-8-4-3-5-9-17/h3-11,13H,12,14-15H2,1-2H3. The van der Waals surface area contributed by atoms with Crippen LogP contribution in [0.15, 0.2) is 70.2 Å². The Hall–Kier alpha value is -2.97. The van der Waals surface area contributed by atoms with Gasteiger partial charge in [-0.3, -0.25) is 9.69 Å². The van der Waals surface area contributed by atoms with Gasteiger partial charge in [0.05, 0.1) is 27.0 Å². The third-order valence-electron chi connectivity index (χ3n) is 4.65. The van der Waals surface area contributed by atoms with E-state index in [9.17, 15) is 4.79 Å². The lowest BCUT2D eigenvalue weighted by molar-refractivity contribution is -0.118. The summed E-state index contributed by atoms with van der Waals surface area (Å²) in [5, 5.41) is 0.587. The summed E-state index contributed by atoms with van der Waals surface area (Å²) in [5.74, 6) is 2.70. The van der Waals surface area contributed by atoms with Gasteiger partial charge in [-0.05, 0) is 36.4 Å². The van der Waals surface area contributed by atoms with Crippen LogP contribution < -0.4 is 14.4 Å². The third kappa shape index (κ3) is 4.86. The fraction of sp³-hybridized carbons (Fsp3) is 0.217. The third-order valence-corrected chi connectivity index (χ3v) is 6.76. The molecule has 2 aromatic carbocycles. The van der Waals surface area contributed by atoms with Gasteiger partial charge in [-0.15, -0.1) is 11.8 Å². The lowest BCUT2D eigenvalue weighted by Crippen LogP contribution is -2.30. The molecule has 1 amide bonds. The number of carbonyl (C=O) groups is 1. The molecule has 0 spiro atoms. The van der Waals surface area contributed by atoms with Crippen molar-refractivity contribution in [2.24, 2.45) is 0 Å². The topological polar surface area (TPSA) is 64.8 Å². The lowest BCUT2D eigenvalue weighted by Gasteiger charge is -2.18. The number of hydrogen-bond acceptors (Lipinski definition) is 7. The van der Waals surface area contributed by atoms with E-state index in [1.54, 1.807) is 37.1 Å². The zero-order chi connectivity index (χ0) is 21.6. The molecule has 0 fully saturated rings. The summed E-state index contributed by atoms with van der Waals surface area (Å²) < 4.78 is 17.3. The van der Waals surface area contributed by atoms with E-state index in [1.807, 2.05) is 54.6 Å². The molecule has 0 aliphatic heterocycles. The number of carbonyl (C=O) groups excluding carboxylic acids is 1. The Morgan fingerprint density at radius 2 is 1.84 bits per heavy atom. The van der Waals surface area contributed by atoms with E-state index < -0.39 is 0 Å². The molecule has 0 atom stereocenters. The van der Waals surface area contributed by atoms with E-state index in [4.69, 9.17) is 18.9 Å². The van der Waals surface area contributed by atoms with Crippen LogP contribution in [0.1, 0.15) is 12.2 Å². The molecular formula is C23H22N2O4S2. The summed E-state index contributed by atoms with van der Waals surface area (Å²) >= 11 is 3.07. The number of benzene rings is 2. The Morgan fingerprint density at radius 3 is 2.55 bits per heavy atom. The van der Waals surface area contributed by atoms with Gasteiger partial charge in [-0.2, -0.15) is 0 Å². The highest BCUT2D eigenvalue weighted by Crippen LogP contribution is 2.40. The SMILES string of the molecule is COc1ccc(OC)c2sc(N(Cc3ccco3)C(=O)CCSc3ccccc3)nc12. The molecule has 4 rings (SSSR count). The van der Waals surface area contributed by atoms with E-state index in [1.165, 1.54) is 11.3 Å². The molecule has 0 saturated heterocycles. The van der Waals surface area contributed by atoms with E-state index in [2.05, 4.69) is 0 Å². The van der Waals surface area contributed by atoms with Crippen molar-refractivity contribution < 1.29 is 18.7 Å². The van der Waals surface area contributed by atoms with Crippen molar-refractivity contribution in [1.29, 1.82) is 0 Å². The molecule has 8 heteroatoms. The van der Waals surface area contributed by atoms with Crippen LogP contribution in [-0.2, 0) is 11.3 Å². The van der Waals surface area contributed by atoms with Gasteiger partial charge in [0.25, 0.3) is 0 Å². The highest BCUT2D eigenvalue weighted by Gasteiger charge is 2.23. The second-order valence-corrected chi connectivity index (χ2v) is 8.76. The molecule has 6 nitrogen and oxygen atoms in total. The Bertz CT molecular complexity index is 1100. The maximum absolute atomic E-state index is 13.2. The molecule has 0 bridgehead atoms. The van der Waals surface area contributed by atoms with Gasteiger partial charge in [0.1, 0.15) is 27.5 Å². The largest absolute Gasteiger partial charge is 0.495 e. The molecule has 0 N–H and O–H groups in total. The second-order valence-electron chi connectivity index (χ2n) is 6.62. The number of anilines is 1. The molecule has 0 radical (unpaired) electrons. The van der Waals surface area contributed by atoms with Gasteiger partial charge in [-0.25, -0.2) is 4.98 Å². The number of fused-ring (bicyclic) bond motifs is 1. The Kier molecular flexibility index (Phi) is 6.79. The quantitative estimate of drug-likeness (QED) is 0.306. The molecular weight excluding hydrogens is 432 g/mol. The molecule has 160 valence electrons. The smallest absolute Gasteiger partial charge is 0.230 e. The van der Waals surface area contributed by atoms with Crippen LogP contribution in [0.5, 0.6) is 11.5 Å². The predicted octanol–water partition coefficient (Wildman–Crippen LogP) is 5.62. The molecule has 0 saturated carbocycles. The predicted molar refractivity (Wildman–Crippen MR) is 124 cm³/mol. The van der Waals surface area contributed by atoms with Crippen LogP contribution in [0.3, 0.4) is 0 Å². The van der Waals surface area contributed by atoms with Crippen LogP contribution in [0.2, 0.25) is 0 Å². The first-order valence-electron chi connectivity index (χ1n) is 9.71. The zero-order valence-corrected chi connectivity index (χ0v) is 18.9. The number of methoxy groups -OCH3 is 2. The number of furan rings is 1. The van der Waals surface area contributed by atoms with Crippen molar-refractivity contribution in [3.8, 4) is 11.5 Å². The summed E-state index contributed by atoms with van der Waals surface area (Å²) in [4.78, 5) is 20.8. The Balaban J connectivity index is 1.60.